The molecule has 0 spiro atoms. The van der Waals surface area contributed by atoms with Crippen molar-refractivity contribution in [2.75, 3.05) is 20.8 Å². The number of para-hydroxylation sites is 1. The lowest BCUT2D eigenvalue weighted by Crippen LogP contribution is -2.34. The van der Waals surface area contributed by atoms with Crippen LogP contribution in [0.25, 0.3) is 6.08 Å². The number of ether oxygens (including phenoxy) is 2. The van der Waals surface area contributed by atoms with Crippen molar-refractivity contribution in [1.82, 2.24) is 10.7 Å². The van der Waals surface area contributed by atoms with Crippen LogP contribution >= 0.6 is 0 Å². The molecule has 0 aliphatic rings. The molecule has 2 N–H and O–H groups in total. The zero-order chi connectivity index (χ0) is 19.5. The first-order chi connectivity index (χ1) is 13.1. The van der Waals surface area contributed by atoms with E-state index < -0.39 is 11.8 Å². The molecule has 2 amide bonds. The highest BCUT2D eigenvalue weighted by Crippen LogP contribution is 2.18. The quantitative estimate of drug-likeness (QED) is 0.424. The van der Waals surface area contributed by atoms with Crippen molar-refractivity contribution in [3.63, 3.8) is 0 Å². The van der Waals surface area contributed by atoms with Gasteiger partial charge >= 0.3 is 0 Å². The molecule has 7 heteroatoms. The summed E-state index contributed by atoms with van der Waals surface area (Å²) >= 11 is 0. The number of methoxy groups -OCH3 is 2. The van der Waals surface area contributed by atoms with Crippen molar-refractivity contribution < 1.29 is 19.1 Å². The summed E-state index contributed by atoms with van der Waals surface area (Å²) in [7, 11) is 3.15. The van der Waals surface area contributed by atoms with Gasteiger partial charge in [0.1, 0.15) is 11.5 Å². The zero-order valence-electron chi connectivity index (χ0n) is 15.1. The summed E-state index contributed by atoms with van der Waals surface area (Å²) in [6.07, 6.45) is 4.46. The molecule has 0 bridgehead atoms. The van der Waals surface area contributed by atoms with Crippen LogP contribution in [-0.2, 0) is 9.59 Å². The molecule has 0 heterocycles. The Bertz CT molecular complexity index is 829. The van der Waals surface area contributed by atoms with E-state index in [4.69, 9.17) is 9.47 Å². The Morgan fingerprint density at radius 2 is 1.78 bits per heavy atom. The fourth-order valence-electron chi connectivity index (χ4n) is 2.10. The predicted octanol–water partition coefficient (Wildman–Crippen LogP) is 1.98. The molecule has 2 aromatic rings. The SMILES string of the molecule is COc1ccc(/C=N/NC(=O)CNC(=O)/C=C/c2ccccc2OC)cc1. The van der Waals surface area contributed by atoms with Crippen LogP contribution in [-0.4, -0.2) is 38.8 Å². The van der Waals surface area contributed by atoms with Gasteiger partial charge in [-0.25, -0.2) is 5.43 Å². The van der Waals surface area contributed by atoms with Gasteiger partial charge in [-0.15, -0.1) is 0 Å². The second-order valence-corrected chi connectivity index (χ2v) is 5.36. The van der Waals surface area contributed by atoms with Gasteiger partial charge in [0.25, 0.3) is 5.91 Å². The second-order valence-electron chi connectivity index (χ2n) is 5.36. The van der Waals surface area contributed by atoms with Crippen molar-refractivity contribution in [3.05, 3.63) is 65.7 Å². The minimum absolute atomic E-state index is 0.185. The van der Waals surface area contributed by atoms with Gasteiger partial charge in [-0.3, -0.25) is 9.59 Å². The molecular formula is C20H21N3O4. The topological polar surface area (TPSA) is 89.0 Å². The monoisotopic (exact) mass is 367 g/mol. The molecule has 0 fully saturated rings. The zero-order valence-corrected chi connectivity index (χ0v) is 15.1. The molecular weight excluding hydrogens is 346 g/mol. The lowest BCUT2D eigenvalue weighted by molar-refractivity contribution is -0.123. The Morgan fingerprint density at radius 3 is 2.48 bits per heavy atom. The van der Waals surface area contributed by atoms with Crippen molar-refractivity contribution in [2.24, 2.45) is 5.10 Å². The molecule has 0 aromatic heterocycles. The highest BCUT2D eigenvalue weighted by Gasteiger charge is 2.03. The summed E-state index contributed by atoms with van der Waals surface area (Å²) < 4.78 is 10.3. The number of hydrazone groups is 1. The maximum atomic E-state index is 11.8. The summed E-state index contributed by atoms with van der Waals surface area (Å²) in [6, 6.07) is 14.5. The van der Waals surface area contributed by atoms with Crippen LogP contribution < -0.4 is 20.2 Å². The van der Waals surface area contributed by atoms with Gasteiger partial charge in [0.05, 0.1) is 27.0 Å². The summed E-state index contributed by atoms with van der Waals surface area (Å²) in [5.74, 6) is 0.571. The minimum Gasteiger partial charge on any atom is -0.497 e. The Hall–Kier alpha value is -3.61. The number of carbonyl (C=O) groups excluding carboxylic acids is 2. The third-order valence-corrected chi connectivity index (χ3v) is 3.50. The third kappa shape index (κ3) is 6.66. The molecule has 2 aromatic carbocycles. The molecule has 2 rings (SSSR count). The Kier molecular flexibility index (Phi) is 7.59. The number of hydrogen-bond donors (Lipinski definition) is 2. The van der Waals surface area contributed by atoms with E-state index >= 15 is 0 Å². The largest absolute Gasteiger partial charge is 0.497 e. The fourth-order valence-corrected chi connectivity index (χ4v) is 2.10. The number of carbonyl (C=O) groups is 2. The third-order valence-electron chi connectivity index (χ3n) is 3.50. The van der Waals surface area contributed by atoms with Gasteiger partial charge < -0.3 is 14.8 Å². The van der Waals surface area contributed by atoms with E-state index in [9.17, 15) is 9.59 Å². The minimum atomic E-state index is -0.432. The smallest absolute Gasteiger partial charge is 0.259 e. The normalized spacial score (nSPS) is 10.7. The Balaban J connectivity index is 1.76. The number of amides is 2. The van der Waals surface area contributed by atoms with Gasteiger partial charge in [0, 0.05) is 11.6 Å². The lowest BCUT2D eigenvalue weighted by Gasteiger charge is -2.04. The van der Waals surface area contributed by atoms with Crippen LogP contribution in [0.4, 0.5) is 0 Å². The summed E-state index contributed by atoms with van der Waals surface area (Å²) in [5, 5.41) is 6.32. The van der Waals surface area contributed by atoms with Crippen LogP contribution in [0.5, 0.6) is 11.5 Å². The molecule has 0 saturated carbocycles. The van der Waals surface area contributed by atoms with Gasteiger partial charge in [-0.1, -0.05) is 18.2 Å². The van der Waals surface area contributed by atoms with Crippen LogP contribution in [0.15, 0.2) is 59.7 Å². The standard InChI is InChI=1S/C20H21N3O4/c1-26-17-10-7-15(8-11-17)13-22-23-20(25)14-21-19(24)12-9-16-5-3-4-6-18(16)27-2/h3-13H,14H2,1-2H3,(H,21,24)(H,23,25)/b12-9+,22-13+. The first kappa shape index (κ1) is 19.7. The molecule has 0 atom stereocenters. The van der Waals surface area contributed by atoms with Crippen LogP contribution in [0.1, 0.15) is 11.1 Å². The first-order valence-corrected chi connectivity index (χ1v) is 8.17. The molecule has 27 heavy (non-hydrogen) atoms. The highest BCUT2D eigenvalue weighted by molar-refractivity contribution is 5.94. The first-order valence-electron chi connectivity index (χ1n) is 8.17. The second kappa shape index (κ2) is 10.4. The molecule has 0 radical (unpaired) electrons. The van der Waals surface area contributed by atoms with E-state index in [1.54, 1.807) is 50.6 Å². The summed E-state index contributed by atoms with van der Waals surface area (Å²) in [5.41, 5.74) is 3.92. The number of hydrogen-bond acceptors (Lipinski definition) is 5. The molecule has 140 valence electrons. The number of nitrogens with one attached hydrogen (secondary N) is 2. The van der Waals surface area contributed by atoms with Gasteiger partial charge in [0.15, 0.2) is 0 Å². The molecule has 0 saturated heterocycles. The maximum absolute atomic E-state index is 11.8. The maximum Gasteiger partial charge on any atom is 0.259 e. The van der Waals surface area contributed by atoms with E-state index in [1.165, 1.54) is 12.3 Å². The number of nitrogens with zero attached hydrogens (tertiary/aromatic N) is 1. The summed E-state index contributed by atoms with van der Waals surface area (Å²) in [4.78, 5) is 23.5. The fraction of sp³-hybridized carbons (Fsp3) is 0.150. The average Bonchev–Trinajstić information content (AvgIpc) is 2.71. The van der Waals surface area contributed by atoms with Crippen LogP contribution in [0.3, 0.4) is 0 Å². The molecule has 0 unspecified atom stereocenters. The van der Waals surface area contributed by atoms with Crippen molar-refractivity contribution in [2.45, 2.75) is 0 Å². The van der Waals surface area contributed by atoms with Gasteiger partial charge in [0.2, 0.25) is 5.91 Å². The summed E-state index contributed by atoms with van der Waals surface area (Å²) in [6.45, 7) is -0.185. The van der Waals surface area contributed by atoms with E-state index in [2.05, 4.69) is 15.8 Å². The van der Waals surface area contributed by atoms with Crippen molar-refractivity contribution in [1.29, 1.82) is 0 Å². The number of rotatable bonds is 8. The van der Waals surface area contributed by atoms with Crippen LogP contribution in [0.2, 0.25) is 0 Å². The van der Waals surface area contributed by atoms with E-state index in [0.29, 0.717) is 5.75 Å². The van der Waals surface area contributed by atoms with E-state index in [-0.39, 0.29) is 6.54 Å². The lowest BCUT2D eigenvalue weighted by atomic mass is 10.2. The van der Waals surface area contributed by atoms with Gasteiger partial charge in [-0.05, 0) is 42.0 Å². The number of benzene rings is 2. The van der Waals surface area contributed by atoms with Crippen molar-refractivity contribution >= 4 is 24.1 Å². The van der Waals surface area contributed by atoms with E-state index in [0.717, 1.165) is 16.9 Å². The van der Waals surface area contributed by atoms with Crippen molar-refractivity contribution in [3.8, 4) is 11.5 Å². The predicted molar refractivity (Wildman–Crippen MR) is 104 cm³/mol. The molecule has 0 aliphatic carbocycles. The highest BCUT2D eigenvalue weighted by atomic mass is 16.5. The van der Waals surface area contributed by atoms with Crippen LogP contribution in [0, 0.1) is 0 Å². The Labute approximate surface area is 157 Å². The average molecular weight is 367 g/mol. The van der Waals surface area contributed by atoms with E-state index in [1.807, 2.05) is 18.2 Å². The molecule has 0 aliphatic heterocycles. The Morgan fingerprint density at radius 1 is 1.04 bits per heavy atom. The molecule has 7 nitrogen and oxygen atoms in total. The van der Waals surface area contributed by atoms with Gasteiger partial charge in [-0.2, -0.15) is 5.10 Å².